The lowest BCUT2D eigenvalue weighted by atomic mass is 10.5. The lowest BCUT2D eigenvalue weighted by molar-refractivity contribution is -0.138. The van der Waals surface area contributed by atoms with Gasteiger partial charge in [-0.15, -0.1) is 11.8 Å². The summed E-state index contributed by atoms with van der Waals surface area (Å²) >= 11 is 1.56. The predicted octanol–water partition coefficient (Wildman–Crippen LogP) is 0.685. The Labute approximate surface area is 63.8 Å². The zero-order valence-corrected chi connectivity index (χ0v) is 6.53. The first-order valence-electron chi connectivity index (χ1n) is 3.07. The van der Waals surface area contributed by atoms with Crippen LogP contribution >= 0.6 is 11.8 Å². The lowest BCUT2D eigenvalue weighted by Gasteiger charge is -2.01. The van der Waals surface area contributed by atoms with Crippen molar-refractivity contribution in [2.24, 2.45) is 0 Å². The van der Waals surface area contributed by atoms with Crippen molar-refractivity contribution >= 4 is 17.7 Å². The van der Waals surface area contributed by atoms with Crippen LogP contribution in [0, 0.1) is 0 Å². The number of esters is 1. The largest absolute Gasteiger partial charge is 0.461 e. The molecule has 0 saturated carbocycles. The van der Waals surface area contributed by atoms with Gasteiger partial charge in [-0.1, -0.05) is 0 Å². The van der Waals surface area contributed by atoms with E-state index in [-0.39, 0.29) is 5.97 Å². The number of hydrogen-bond acceptors (Lipinski definition) is 4. The fourth-order valence-corrected chi connectivity index (χ4v) is 1.28. The number of thioether (sulfide) groups is 1. The summed E-state index contributed by atoms with van der Waals surface area (Å²) in [6.45, 7) is 2.23. The van der Waals surface area contributed by atoms with Crippen LogP contribution in [0.15, 0.2) is 11.1 Å². The molecule has 0 unspecified atom stereocenters. The first-order valence-corrected chi connectivity index (χ1v) is 4.12. The zero-order chi connectivity index (χ0) is 7.40. The van der Waals surface area contributed by atoms with E-state index in [1.165, 1.54) is 0 Å². The maximum Gasteiger partial charge on any atom is 0.354 e. The molecule has 56 valence electrons. The summed E-state index contributed by atoms with van der Waals surface area (Å²) in [6.07, 6.45) is 0. The molecule has 0 radical (unpaired) electrons. The maximum atomic E-state index is 10.9. The average molecular weight is 159 g/mol. The molecule has 0 aromatic heterocycles. The van der Waals surface area contributed by atoms with Gasteiger partial charge in [-0.05, 0) is 6.92 Å². The molecule has 0 aliphatic carbocycles. The summed E-state index contributed by atoms with van der Waals surface area (Å²) in [5.74, 6) is 0.515. The molecule has 0 atom stereocenters. The Morgan fingerprint density at radius 3 is 3.30 bits per heavy atom. The Morgan fingerprint density at radius 2 is 2.80 bits per heavy atom. The third kappa shape index (κ3) is 1.67. The van der Waals surface area contributed by atoms with Gasteiger partial charge in [0.25, 0.3) is 0 Å². The maximum absolute atomic E-state index is 10.9. The fraction of sp³-hybridized carbons (Fsp3) is 0.500. The summed E-state index contributed by atoms with van der Waals surface area (Å²) in [7, 11) is 0. The first kappa shape index (κ1) is 7.47. The Balaban J connectivity index is 2.40. The molecule has 0 aromatic rings. The van der Waals surface area contributed by atoms with Crippen molar-refractivity contribution in [2.75, 3.05) is 12.5 Å². The van der Waals surface area contributed by atoms with E-state index < -0.39 is 0 Å². The minimum Gasteiger partial charge on any atom is -0.461 e. The topological polar surface area (TPSA) is 38.3 Å². The first-order chi connectivity index (χ1) is 4.84. The number of ether oxygens (including phenoxy) is 1. The van der Waals surface area contributed by atoms with Crippen molar-refractivity contribution in [3.8, 4) is 0 Å². The van der Waals surface area contributed by atoms with Crippen molar-refractivity contribution in [1.82, 2.24) is 5.32 Å². The smallest absolute Gasteiger partial charge is 0.354 e. The van der Waals surface area contributed by atoms with E-state index in [4.69, 9.17) is 4.74 Å². The van der Waals surface area contributed by atoms with Crippen LogP contribution < -0.4 is 5.32 Å². The quantitative estimate of drug-likeness (QED) is 0.601. The molecular weight excluding hydrogens is 150 g/mol. The standard InChI is InChI=1S/C6H9NO2S/c1-2-9-6(8)5-3-10-4-7-5/h3,7H,2,4H2,1H3. The van der Waals surface area contributed by atoms with Crippen LogP contribution in [0.2, 0.25) is 0 Å². The van der Waals surface area contributed by atoms with E-state index in [1.807, 2.05) is 0 Å². The zero-order valence-electron chi connectivity index (χ0n) is 5.72. The molecule has 0 spiro atoms. The molecular formula is C6H9NO2S. The monoisotopic (exact) mass is 159 g/mol. The van der Waals surface area contributed by atoms with E-state index >= 15 is 0 Å². The van der Waals surface area contributed by atoms with E-state index in [0.29, 0.717) is 12.3 Å². The highest BCUT2D eigenvalue weighted by atomic mass is 32.2. The van der Waals surface area contributed by atoms with Crippen LogP contribution in [-0.2, 0) is 9.53 Å². The third-order valence-electron chi connectivity index (χ3n) is 1.04. The fourth-order valence-electron chi connectivity index (χ4n) is 0.615. The van der Waals surface area contributed by atoms with Crippen molar-refractivity contribution in [1.29, 1.82) is 0 Å². The van der Waals surface area contributed by atoms with Crippen LogP contribution in [0.3, 0.4) is 0 Å². The van der Waals surface area contributed by atoms with E-state index in [2.05, 4.69) is 5.32 Å². The molecule has 1 heterocycles. The van der Waals surface area contributed by atoms with Gasteiger partial charge in [-0.3, -0.25) is 0 Å². The Kier molecular flexibility index (Phi) is 2.62. The van der Waals surface area contributed by atoms with Gasteiger partial charge in [0, 0.05) is 5.41 Å². The van der Waals surface area contributed by atoms with Crippen LogP contribution in [0.4, 0.5) is 0 Å². The molecule has 0 fully saturated rings. The Hall–Kier alpha value is -0.640. The van der Waals surface area contributed by atoms with Gasteiger partial charge in [-0.25, -0.2) is 4.79 Å². The van der Waals surface area contributed by atoms with Gasteiger partial charge in [0.05, 0.1) is 12.5 Å². The molecule has 0 saturated heterocycles. The third-order valence-corrected chi connectivity index (χ3v) is 1.76. The molecule has 1 aliphatic heterocycles. The van der Waals surface area contributed by atoms with Gasteiger partial charge in [0.1, 0.15) is 5.70 Å². The molecule has 1 N–H and O–H groups in total. The molecule has 1 aliphatic rings. The second-order valence-electron chi connectivity index (χ2n) is 1.74. The predicted molar refractivity (Wildman–Crippen MR) is 40.3 cm³/mol. The second kappa shape index (κ2) is 3.51. The van der Waals surface area contributed by atoms with Gasteiger partial charge in [-0.2, -0.15) is 0 Å². The van der Waals surface area contributed by atoms with Gasteiger partial charge >= 0.3 is 5.97 Å². The van der Waals surface area contributed by atoms with E-state index in [9.17, 15) is 4.79 Å². The molecule has 0 bridgehead atoms. The van der Waals surface area contributed by atoms with Crippen molar-refractivity contribution in [2.45, 2.75) is 6.92 Å². The molecule has 1 rings (SSSR count). The van der Waals surface area contributed by atoms with Gasteiger partial charge in [0.2, 0.25) is 0 Å². The van der Waals surface area contributed by atoms with E-state index in [0.717, 1.165) is 5.88 Å². The van der Waals surface area contributed by atoms with Crippen molar-refractivity contribution < 1.29 is 9.53 Å². The molecule has 10 heavy (non-hydrogen) atoms. The summed E-state index contributed by atoms with van der Waals surface area (Å²) in [5, 5.41) is 4.67. The van der Waals surface area contributed by atoms with Gasteiger partial charge in [0.15, 0.2) is 0 Å². The van der Waals surface area contributed by atoms with Crippen LogP contribution in [0.1, 0.15) is 6.92 Å². The summed E-state index contributed by atoms with van der Waals surface area (Å²) in [5.41, 5.74) is 0.576. The number of carbonyl (C=O) groups is 1. The lowest BCUT2D eigenvalue weighted by Crippen LogP contribution is -2.17. The SMILES string of the molecule is CCOC(=O)C1=CSCN1. The van der Waals surface area contributed by atoms with Crippen LogP contribution in [0.5, 0.6) is 0 Å². The minimum atomic E-state index is -0.257. The Bertz CT molecular complexity index is 167. The number of rotatable bonds is 2. The van der Waals surface area contributed by atoms with Crippen molar-refractivity contribution in [3.63, 3.8) is 0 Å². The molecule has 3 nitrogen and oxygen atoms in total. The highest BCUT2D eigenvalue weighted by molar-refractivity contribution is 8.02. The number of hydrogen-bond donors (Lipinski definition) is 1. The second-order valence-corrected chi connectivity index (χ2v) is 2.60. The summed E-state index contributed by atoms with van der Waals surface area (Å²) in [4.78, 5) is 10.9. The number of carbonyl (C=O) groups excluding carboxylic acids is 1. The summed E-state index contributed by atoms with van der Waals surface area (Å²) in [6, 6.07) is 0. The highest BCUT2D eigenvalue weighted by Gasteiger charge is 2.12. The average Bonchev–Trinajstić information content (AvgIpc) is 2.38. The molecule has 4 heteroatoms. The van der Waals surface area contributed by atoms with Crippen LogP contribution in [0.25, 0.3) is 0 Å². The number of nitrogens with one attached hydrogen (secondary N) is 1. The molecule has 0 amide bonds. The van der Waals surface area contributed by atoms with E-state index in [1.54, 1.807) is 24.1 Å². The summed E-state index contributed by atoms with van der Waals surface area (Å²) < 4.78 is 4.74. The highest BCUT2D eigenvalue weighted by Crippen LogP contribution is 2.12. The van der Waals surface area contributed by atoms with Crippen molar-refractivity contribution in [3.05, 3.63) is 11.1 Å². The minimum absolute atomic E-state index is 0.257. The molecule has 0 aromatic carbocycles. The normalized spacial score (nSPS) is 15.9. The van der Waals surface area contributed by atoms with Gasteiger partial charge < -0.3 is 10.1 Å². The Morgan fingerprint density at radius 1 is 2.00 bits per heavy atom. The van der Waals surface area contributed by atoms with Crippen LogP contribution in [-0.4, -0.2) is 18.5 Å².